The Morgan fingerprint density at radius 1 is 1.06 bits per heavy atom. The summed E-state index contributed by atoms with van der Waals surface area (Å²) in [6.45, 7) is 5.38. The minimum Gasteiger partial charge on any atom is -0.465 e. The molecular weight excluding hydrogens is 456 g/mol. The van der Waals surface area contributed by atoms with E-state index in [1.54, 1.807) is 18.6 Å². The maximum Gasteiger partial charge on any atom is 0.407 e. The van der Waals surface area contributed by atoms with Gasteiger partial charge in [-0.2, -0.15) is 5.10 Å². The molecule has 0 unspecified atom stereocenters. The molecule has 4 aromatic rings. The Kier molecular flexibility index (Phi) is 6.74. The number of pyridine rings is 1. The Hall–Kier alpha value is -4.47. The average Bonchev–Trinajstić information content (AvgIpc) is 3.19. The molecular formula is C26H28N8O2. The van der Waals surface area contributed by atoms with E-state index in [1.165, 1.54) is 4.90 Å². The van der Waals surface area contributed by atoms with Crippen molar-refractivity contribution in [2.24, 2.45) is 0 Å². The van der Waals surface area contributed by atoms with E-state index in [0.29, 0.717) is 25.6 Å². The van der Waals surface area contributed by atoms with Gasteiger partial charge in [-0.25, -0.2) is 14.8 Å². The molecule has 10 heteroatoms. The van der Waals surface area contributed by atoms with Crippen LogP contribution >= 0.6 is 0 Å². The van der Waals surface area contributed by atoms with Gasteiger partial charge in [-0.05, 0) is 55.8 Å². The lowest BCUT2D eigenvalue weighted by atomic mass is 10.1. The molecule has 0 spiro atoms. The van der Waals surface area contributed by atoms with Crippen molar-refractivity contribution in [2.45, 2.75) is 19.9 Å². The summed E-state index contributed by atoms with van der Waals surface area (Å²) in [5.74, 6) is 0.494. The first-order chi connectivity index (χ1) is 17.6. The van der Waals surface area contributed by atoms with Crippen LogP contribution in [0.25, 0.3) is 22.5 Å². The van der Waals surface area contributed by atoms with Crippen LogP contribution in [0.3, 0.4) is 0 Å². The highest BCUT2D eigenvalue weighted by molar-refractivity contribution is 5.78. The molecule has 4 heterocycles. The van der Waals surface area contributed by atoms with Crippen molar-refractivity contribution in [3.05, 3.63) is 67.3 Å². The van der Waals surface area contributed by atoms with Gasteiger partial charge in [0, 0.05) is 80.0 Å². The van der Waals surface area contributed by atoms with Gasteiger partial charge < -0.3 is 20.2 Å². The molecule has 1 amide bonds. The van der Waals surface area contributed by atoms with Gasteiger partial charge in [-0.3, -0.25) is 9.67 Å². The lowest BCUT2D eigenvalue weighted by Crippen LogP contribution is -2.34. The van der Waals surface area contributed by atoms with Gasteiger partial charge in [-0.1, -0.05) is 0 Å². The summed E-state index contributed by atoms with van der Waals surface area (Å²) in [7, 11) is 0. The third-order valence-corrected chi connectivity index (χ3v) is 6.21. The molecule has 1 saturated heterocycles. The van der Waals surface area contributed by atoms with Crippen LogP contribution in [-0.2, 0) is 6.54 Å². The number of aryl methyl sites for hydroxylation is 1. The quantitative estimate of drug-likeness (QED) is 0.415. The number of carboxylic acid groups (broad SMARTS) is 1. The topological polar surface area (TPSA) is 112 Å². The van der Waals surface area contributed by atoms with Crippen molar-refractivity contribution in [3.63, 3.8) is 0 Å². The summed E-state index contributed by atoms with van der Waals surface area (Å²) in [4.78, 5) is 28.4. The fourth-order valence-corrected chi connectivity index (χ4v) is 4.31. The molecule has 36 heavy (non-hydrogen) atoms. The summed E-state index contributed by atoms with van der Waals surface area (Å²) >= 11 is 0. The van der Waals surface area contributed by atoms with Crippen molar-refractivity contribution < 1.29 is 9.90 Å². The molecule has 5 rings (SSSR count). The van der Waals surface area contributed by atoms with Crippen LogP contribution in [0.15, 0.2) is 67.3 Å². The molecule has 1 aliphatic rings. The predicted molar refractivity (Wildman–Crippen MR) is 138 cm³/mol. The highest BCUT2D eigenvalue weighted by Gasteiger charge is 2.19. The number of carbonyl (C=O) groups is 1. The van der Waals surface area contributed by atoms with Crippen LogP contribution in [0.2, 0.25) is 0 Å². The molecule has 0 atom stereocenters. The molecule has 3 aromatic heterocycles. The van der Waals surface area contributed by atoms with E-state index in [9.17, 15) is 9.90 Å². The number of amides is 1. The minimum atomic E-state index is -0.853. The van der Waals surface area contributed by atoms with Gasteiger partial charge in [-0.15, -0.1) is 0 Å². The molecule has 184 valence electrons. The molecule has 10 nitrogen and oxygen atoms in total. The number of nitrogens with one attached hydrogen (secondary N) is 1. The molecule has 1 aliphatic heterocycles. The van der Waals surface area contributed by atoms with Crippen LogP contribution < -0.4 is 10.2 Å². The van der Waals surface area contributed by atoms with Crippen molar-refractivity contribution in [1.82, 2.24) is 29.6 Å². The highest BCUT2D eigenvalue weighted by Crippen LogP contribution is 2.30. The Balaban J connectivity index is 1.33. The largest absolute Gasteiger partial charge is 0.465 e. The summed E-state index contributed by atoms with van der Waals surface area (Å²) < 4.78 is 1.89. The van der Waals surface area contributed by atoms with Gasteiger partial charge >= 0.3 is 6.09 Å². The first-order valence-corrected chi connectivity index (χ1v) is 12.0. The van der Waals surface area contributed by atoms with E-state index >= 15 is 0 Å². The van der Waals surface area contributed by atoms with Gasteiger partial charge in [0.2, 0.25) is 5.95 Å². The number of hydrogen-bond donors (Lipinski definition) is 2. The Labute approximate surface area is 209 Å². The fourth-order valence-electron chi connectivity index (χ4n) is 4.31. The normalized spacial score (nSPS) is 13.9. The molecule has 2 N–H and O–H groups in total. The molecule has 1 fully saturated rings. The zero-order chi connectivity index (χ0) is 24.9. The lowest BCUT2D eigenvalue weighted by Gasteiger charge is -2.23. The van der Waals surface area contributed by atoms with E-state index in [4.69, 9.17) is 10.1 Å². The summed E-state index contributed by atoms with van der Waals surface area (Å²) in [6.07, 6.45) is 7.24. The number of rotatable bonds is 6. The fraction of sp³-hybridized carbons (Fsp3) is 0.269. The van der Waals surface area contributed by atoms with Gasteiger partial charge in [0.1, 0.15) is 5.69 Å². The minimum absolute atomic E-state index is 0.494. The number of aromatic nitrogens is 5. The van der Waals surface area contributed by atoms with Crippen LogP contribution in [0, 0.1) is 0 Å². The maximum absolute atomic E-state index is 11.3. The van der Waals surface area contributed by atoms with E-state index in [1.807, 2.05) is 60.3 Å². The number of anilines is 3. The maximum atomic E-state index is 11.3. The third-order valence-electron chi connectivity index (χ3n) is 6.21. The molecule has 0 bridgehead atoms. The van der Waals surface area contributed by atoms with E-state index in [-0.39, 0.29) is 0 Å². The second-order valence-corrected chi connectivity index (χ2v) is 8.54. The van der Waals surface area contributed by atoms with Crippen LogP contribution in [0.5, 0.6) is 0 Å². The zero-order valence-corrected chi connectivity index (χ0v) is 20.1. The molecule has 0 radical (unpaired) electrons. The van der Waals surface area contributed by atoms with Crippen LogP contribution in [-0.4, -0.2) is 67.0 Å². The average molecular weight is 485 g/mol. The van der Waals surface area contributed by atoms with Gasteiger partial charge in [0.05, 0.1) is 5.69 Å². The predicted octanol–water partition coefficient (Wildman–Crippen LogP) is 4.36. The van der Waals surface area contributed by atoms with E-state index in [0.717, 1.165) is 53.4 Å². The second-order valence-electron chi connectivity index (χ2n) is 8.54. The number of benzene rings is 1. The standard InChI is InChI=1S/C26H28N8O2/c1-2-34-18-22(24(31-34)19-5-3-11-27-17-19)23-10-12-28-25(30-23)29-20-6-8-21(9-7-20)32-13-4-14-33(16-15-32)26(35)36/h3,5-12,17-18H,2,4,13-16H2,1H3,(H,35,36)(H,28,29,30). The van der Waals surface area contributed by atoms with E-state index in [2.05, 4.69) is 20.2 Å². The van der Waals surface area contributed by atoms with Crippen molar-refractivity contribution in [1.29, 1.82) is 0 Å². The summed E-state index contributed by atoms with van der Waals surface area (Å²) in [6, 6.07) is 13.8. The number of hydrogen-bond acceptors (Lipinski definition) is 7. The Morgan fingerprint density at radius 3 is 2.67 bits per heavy atom. The van der Waals surface area contributed by atoms with Crippen molar-refractivity contribution in [2.75, 3.05) is 36.4 Å². The van der Waals surface area contributed by atoms with Gasteiger partial charge in [0.25, 0.3) is 0 Å². The smallest absolute Gasteiger partial charge is 0.407 e. The lowest BCUT2D eigenvalue weighted by molar-refractivity contribution is 0.148. The molecule has 0 saturated carbocycles. The highest BCUT2D eigenvalue weighted by atomic mass is 16.4. The number of nitrogens with zero attached hydrogens (tertiary/aromatic N) is 7. The van der Waals surface area contributed by atoms with Crippen molar-refractivity contribution >= 4 is 23.4 Å². The Bertz CT molecular complexity index is 1320. The SMILES string of the molecule is CCn1cc(-c2ccnc(Nc3ccc(N4CCCN(C(=O)O)CC4)cc3)n2)c(-c2cccnc2)n1. The summed E-state index contributed by atoms with van der Waals surface area (Å²) in [5, 5.41) is 17.3. The van der Waals surface area contributed by atoms with Gasteiger partial charge in [0.15, 0.2) is 0 Å². The monoisotopic (exact) mass is 484 g/mol. The molecule has 1 aromatic carbocycles. The molecule has 0 aliphatic carbocycles. The van der Waals surface area contributed by atoms with Crippen molar-refractivity contribution in [3.8, 4) is 22.5 Å². The van der Waals surface area contributed by atoms with Crippen LogP contribution in [0.1, 0.15) is 13.3 Å². The third kappa shape index (κ3) is 5.12. The second kappa shape index (κ2) is 10.4. The Morgan fingerprint density at radius 2 is 1.92 bits per heavy atom. The van der Waals surface area contributed by atoms with Crippen LogP contribution in [0.4, 0.5) is 22.1 Å². The first kappa shape index (κ1) is 23.3. The summed E-state index contributed by atoms with van der Waals surface area (Å²) in [5.41, 5.74) is 5.39. The zero-order valence-electron chi connectivity index (χ0n) is 20.1. The first-order valence-electron chi connectivity index (χ1n) is 12.0. The van der Waals surface area contributed by atoms with E-state index < -0.39 is 6.09 Å².